The van der Waals surface area contributed by atoms with Crippen LogP contribution in [0.4, 0.5) is 0 Å². The Kier molecular flexibility index (Phi) is 9.47. The predicted molar refractivity (Wildman–Crippen MR) is 218 cm³/mol. The average Bonchev–Trinajstić information content (AvgIpc) is 3.82. The van der Waals surface area contributed by atoms with Crippen molar-refractivity contribution in [2.24, 2.45) is 0 Å². The molecule has 0 aliphatic carbocycles. The molecule has 0 spiro atoms. The van der Waals surface area contributed by atoms with Crippen molar-refractivity contribution in [2.45, 2.75) is 33.0 Å². The Morgan fingerprint density at radius 2 is 1.39 bits per heavy atom. The molecule has 0 aliphatic rings. The van der Waals surface area contributed by atoms with Crippen LogP contribution in [0.15, 0.2) is 168 Å². The standard InChI is InChI=1S/C37H29N2O.C12H10N.Ir/c1-37(2,3)27-21-22-30-31(24-40-34(30)23-27)36-38-32-19-10-11-20-33(32)39(36)35-28(25-13-6-4-7-14-25)17-12-18-29(35)26-15-8-5-9-16-26;1-10-7-8-12(13-9-10)11-5-3-2-4-6-11;/h4-23H,1-3H3;2-5,7-9H,1H3;/q2*-1;/i;1D3;. The largest absolute Gasteiger partial charge is 0.557 e. The molecule has 0 saturated heterocycles. The summed E-state index contributed by atoms with van der Waals surface area (Å²) in [5.41, 5.74) is 12.4. The second-order valence-electron chi connectivity index (χ2n) is 13.9. The van der Waals surface area contributed by atoms with Crippen molar-refractivity contribution in [1.29, 1.82) is 0 Å². The van der Waals surface area contributed by atoms with E-state index in [9.17, 15) is 0 Å². The molecule has 9 rings (SSSR count). The number of benzene rings is 6. The van der Waals surface area contributed by atoms with E-state index in [1.165, 1.54) is 11.8 Å². The van der Waals surface area contributed by atoms with Gasteiger partial charge in [-0.2, -0.15) is 0 Å². The number of aromatic nitrogens is 3. The van der Waals surface area contributed by atoms with Gasteiger partial charge >= 0.3 is 0 Å². The van der Waals surface area contributed by atoms with Gasteiger partial charge in [-0.15, -0.1) is 42.0 Å². The molecule has 5 heteroatoms. The fourth-order valence-electron chi connectivity index (χ4n) is 6.62. The van der Waals surface area contributed by atoms with Crippen LogP contribution in [0.5, 0.6) is 0 Å². The molecule has 6 aromatic carbocycles. The summed E-state index contributed by atoms with van der Waals surface area (Å²) in [5.74, 6) is 0.809. The summed E-state index contributed by atoms with van der Waals surface area (Å²) in [7, 11) is 0. The number of nitrogens with zero attached hydrogens (tertiary/aromatic N) is 3. The third-order valence-electron chi connectivity index (χ3n) is 9.34. The quantitative estimate of drug-likeness (QED) is 0.162. The van der Waals surface area contributed by atoms with Crippen molar-refractivity contribution in [3.63, 3.8) is 0 Å². The Morgan fingerprint density at radius 1 is 0.704 bits per heavy atom. The predicted octanol–water partition coefficient (Wildman–Crippen LogP) is 12.7. The number of fused-ring (bicyclic) bond motifs is 2. The molecule has 1 radical (unpaired) electrons. The molecule has 0 saturated carbocycles. The van der Waals surface area contributed by atoms with E-state index in [2.05, 4.69) is 158 Å². The van der Waals surface area contributed by atoms with E-state index in [-0.39, 0.29) is 31.1 Å². The van der Waals surface area contributed by atoms with Crippen LogP contribution in [0.3, 0.4) is 0 Å². The van der Waals surface area contributed by atoms with E-state index in [1.54, 1.807) is 18.2 Å². The van der Waals surface area contributed by atoms with Gasteiger partial charge < -0.3 is 14.0 Å². The number of hydrogen-bond acceptors (Lipinski definition) is 3. The number of imidazole rings is 1. The first kappa shape index (κ1) is 32.8. The van der Waals surface area contributed by atoms with E-state index >= 15 is 0 Å². The summed E-state index contributed by atoms with van der Waals surface area (Å²) in [6.07, 6.45) is 4.63. The topological polar surface area (TPSA) is 43.9 Å². The van der Waals surface area contributed by atoms with E-state index < -0.39 is 6.85 Å². The smallest absolute Gasteiger partial charge is 0.0774 e. The number of hydrogen-bond donors (Lipinski definition) is 0. The summed E-state index contributed by atoms with van der Waals surface area (Å²) in [4.78, 5) is 9.32. The first-order chi connectivity index (χ1) is 27.1. The molecule has 0 aliphatic heterocycles. The molecule has 0 unspecified atom stereocenters. The van der Waals surface area contributed by atoms with Gasteiger partial charge in [-0.05, 0) is 52.3 Å². The molecule has 267 valence electrons. The van der Waals surface area contributed by atoms with Crippen LogP contribution >= 0.6 is 0 Å². The van der Waals surface area contributed by atoms with Gasteiger partial charge in [0.05, 0.1) is 22.5 Å². The molecule has 0 atom stereocenters. The summed E-state index contributed by atoms with van der Waals surface area (Å²) >= 11 is 0. The van der Waals surface area contributed by atoms with Gasteiger partial charge in [-0.3, -0.25) is 4.98 Å². The van der Waals surface area contributed by atoms with Crippen LogP contribution in [0.25, 0.3) is 72.6 Å². The van der Waals surface area contributed by atoms with Crippen molar-refractivity contribution in [3.8, 4) is 50.6 Å². The van der Waals surface area contributed by atoms with Crippen LogP contribution in [0.1, 0.15) is 36.0 Å². The Morgan fingerprint density at radius 3 is 2.02 bits per heavy atom. The van der Waals surface area contributed by atoms with Gasteiger partial charge in [0.15, 0.2) is 0 Å². The number of furan rings is 1. The van der Waals surface area contributed by atoms with Crippen molar-refractivity contribution < 1.29 is 28.6 Å². The van der Waals surface area contributed by atoms with Gasteiger partial charge in [0, 0.05) is 53.4 Å². The van der Waals surface area contributed by atoms with Crippen LogP contribution in [0.2, 0.25) is 0 Å². The fourth-order valence-corrected chi connectivity index (χ4v) is 6.62. The van der Waals surface area contributed by atoms with Gasteiger partial charge in [0.1, 0.15) is 0 Å². The van der Waals surface area contributed by atoms with E-state index in [4.69, 9.17) is 13.5 Å². The minimum Gasteiger partial charge on any atom is -0.557 e. The number of rotatable bonds is 5. The molecule has 3 heterocycles. The zero-order valence-electron chi connectivity index (χ0n) is 33.2. The van der Waals surface area contributed by atoms with Crippen molar-refractivity contribution in [2.75, 3.05) is 0 Å². The Bertz CT molecular complexity index is 2700. The minimum absolute atomic E-state index is 0. The molecule has 0 N–H and O–H groups in total. The van der Waals surface area contributed by atoms with Gasteiger partial charge in [0.2, 0.25) is 0 Å². The summed E-state index contributed by atoms with van der Waals surface area (Å²) in [5, 5.41) is 1.00. The molecular formula is C49H39IrN3O-2. The van der Waals surface area contributed by atoms with E-state index in [0.29, 0.717) is 0 Å². The van der Waals surface area contributed by atoms with Crippen LogP contribution < -0.4 is 0 Å². The third kappa shape index (κ3) is 7.34. The minimum atomic E-state index is -2.09. The molecule has 54 heavy (non-hydrogen) atoms. The van der Waals surface area contributed by atoms with Crippen molar-refractivity contribution >= 4 is 22.0 Å². The molecule has 0 fully saturated rings. The summed E-state index contributed by atoms with van der Waals surface area (Å²) < 4.78 is 30.1. The molecular weight excluding hydrogens is 839 g/mol. The molecule has 0 bridgehead atoms. The van der Waals surface area contributed by atoms with E-state index in [0.717, 1.165) is 72.6 Å². The summed E-state index contributed by atoms with van der Waals surface area (Å²) in [6.45, 7) is 4.55. The van der Waals surface area contributed by atoms with E-state index in [1.807, 2.05) is 24.3 Å². The van der Waals surface area contributed by atoms with Crippen LogP contribution in [-0.2, 0) is 25.5 Å². The molecule has 3 aromatic heterocycles. The van der Waals surface area contributed by atoms with Crippen molar-refractivity contribution in [3.05, 3.63) is 187 Å². The maximum Gasteiger partial charge on any atom is 0.0774 e. The Balaban J connectivity index is 0.000000246. The van der Waals surface area contributed by atoms with Gasteiger partial charge in [-0.25, -0.2) is 0 Å². The van der Waals surface area contributed by atoms with Crippen molar-refractivity contribution in [1.82, 2.24) is 14.5 Å². The third-order valence-corrected chi connectivity index (χ3v) is 9.34. The van der Waals surface area contributed by atoms with Crippen LogP contribution in [0, 0.1) is 19.2 Å². The second-order valence-corrected chi connectivity index (χ2v) is 13.9. The SMILES string of the molecule is CC(C)(C)c1ccc2c(-c3nc4ccccc4n3-c3c(-c4ccccc4)cccc3-c3ccccc3)[c-]oc2c1.[2H]C([2H])([2H])c1ccc(-c2[c-]cccc2)nc1.[Ir]. The maximum absolute atomic E-state index is 7.23. The summed E-state index contributed by atoms with van der Waals surface area (Å²) in [6, 6.07) is 56.2. The molecule has 9 aromatic rings. The number of pyridine rings is 1. The monoisotopic (exact) mass is 881 g/mol. The normalized spacial score (nSPS) is 12.2. The average molecular weight is 881 g/mol. The first-order valence-corrected chi connectivity index (χ1v) is 17.7. The number of aryl methyl sites for hydroxylation is 1. The second kappa shape index (κ2) is 15.6. The zero-order valence-corrected chi connectivity index (χ0v) is 32.6. The fraction of sp³-hybridized carbons (Fsp3) is 0.102. The van der Waals surface area contributed by atoms with Crippen LogP contribution in [-0.4, -0.2) is 14.5 Å². The zero-order chi connectivity index (χ0) is 38.9. The Hall–Kier alpha value is -5.87. The van der Waals surface area contributed by atoms with Gasteiger partial charge in [-0.1, -0.05) is 147 Å². The molecule has 4 nitrogen and oxygen atoms in total. The molecule has 0 amide bonds. The first-order valence-electron chi connectivity index (χ1n) is 19.2. The number of para-hydroxylation sites is 3. The Labute approximate surface area is 334 Å². The maximum atomic E-state index is 7.23. The van der Waals surface area contributed by atoms with Gasteiger partial charge in [0.25, 0.3) is 0 Å².